The van der Waals surface area contributed by atoms with Gasteiger partial charge < -0.3 is 25.6 Å². The molecular weight excluding hydrogens is 220 g/mol. The average molecular weight is 240 g/mol. The predicted octanol–water partition coefficient (Wildman–Crippen LogP) is 0.284. The Morgan fingerprint density at radius 2 is 2.06 bits per heavy atom. The Morgan fingerprint density at radius 3 is 2.53 bits per heavy atom. The number of hydrogen-bond donors (Lipinski definition) is 3. The van der Waals surface area contributed by atoms with E-state index in [1.54, 1.807) is 21.3 Å². The molecule has 1 aromatic rings. The van der Waals surface area contributed by atoms with Crippen LogP contribution in [0.2, 0.25) is 0 Å². The van der Waals surface area contributed by atoms with Crippen LogP contribution in [0.25, 0.3) is 0 Å². The van der Waals surface area contributed by atoms with Crippen molar-refractivity contribution in [2.45, 2.75) is 12.1 Å². The Bertz CT molecular complexity index is 358. The second-order valence-electron chi connectivity index (χ2n) is 3.72. The predicted molar refractivity (Wildman–Crippen MR) is 66.4 cm³/mol. The van der Waals surface area contributed by atoms with Gasteiger partial charge in [-0.15, -0.1) is 0 Å². The maximum absolute atomic E-state index is 9.15. The largest absolute Gasteiger partial charge is 0.497 e. The summed E-state index contributed by atoms with van der Waals surface area (Å²) in [7, 11) is 4.99. The maximum Gasteiger partial charge on any atom is 0.123 e. The Hall–Kier alpha value is -1.30. The fraction of sp³-hybridized carbons (Fsp3) is 0.500. The minimum Gasteiger partial charge on any atom is -0.497 e. The van der Waals surface area contributed by atoms with E-state index in [1.165, 1.54) is 0 Å². The summed E-state index contributed by atoms with van der Waals surface area (Å²) >= 11 is 0. The van der Waals surface area contributed by atoms with Gasteiger partial charge in [-0.2, -0.15) is 0 Å². The van der Waals surface area contributed by atoms with E-state index in [4.69, 9.17) is 20.3 Å². The number of nitrogens with one attached hydrogen (secondary N) is 1. The van der Waals surface area contributed by atoms with E-state index in [2.05, 4.69) is 5.32 Å². The molecule has 2 atom stereocenters. The standard InChI is InChI=1S/C12H20N2O3/c1-14-12(10(13)7-15)9-6-8(16-2)4-5-11(9)17-3/h4-6,10,12,14-15H,7,13H2,1-3H3. The summed E-state index contributed by atoms with van der Waals surface area (Å²) < 4.78 is 10.5. The van der Waals surface area contributed by atoms with Crippen molar-refractivity contribution in [3.63, 3.8) is 0 Å². The highest BCUT2D eigenvalue weighted by Crippen LogP contribution is 2.30. The topological polar surface area (TPSA) is 76.7 Å². The van der Waals surface area contributed by atoms with Crippen LogP contribution in [0.15, 0.2) is 18.2 Å². The van der Waals surface area contributed by atoms with Crippen LogP contribution in [-0.4, -0.2) is 39.0 Å². The van der Waals surface area contributed by atoms with Crippen LogP contribution >= 0.6 is 0 Å². The van der Waals surface area contributed by atoms with Crippen LogP contribution in [0, 0.1) is 0 Å². The summed E-state index contributed by atoms with van der Waals surface area (Å²) in [5.74, 6) is 1.44. The third kappa shape index (κ3) is 3.09. The van der Waals surface area contributed by atoms with Gasteiger partial charge in [0, 0.05) is 11.6 Å². The molecule has 0 amide bonds. The molecule has 1 aromatic carbocycles. The number of rotatable bonds is 6. The summed E-state index contributed by atoms with van der Waals surface area (Å²) in [4.78, 5) is 0. The lowest BCUT2D eigenvalue weighted by molar-refractivity contribution is 0.238. The van der Waals surface area contributed by atoms with Gasteiger partial charge in [0.1, 0.15) is 11.5 Å². The SMILES string of the molecule is CNC(c1cc(OC)ccc1OC)C(N)CO. The highest BCUT2D eigenvalue weighted by Gasteiger charge is 2.21. The van der Waals surface area contributed by atoms with Gasteiger partial charge in [0.05, 0.1) is 26.9 Å². The smallest absolute Gasteiger partial charge is 0.123 e. The van der Waals surface area contributed by atoms with Crippen LogP contribution < -0.4 is 20.5 Å². The van der Waals surface area contributed by atoms with Gasteiger partial charge in [0.25, 0.3) is 0 Å². The molecule has 5 nitrogen and oxygen atoms in total. The van der Waals surface area contributed by atoms with Crippen molar-refractivity contribution < 1.29 is 14.6 Å². The number of ether oxygens (including phenoxy) is 2. The molecule has 2 unspecified atom stereocenters. The van der Waals surface area contributed by atoms with Crippen molar-refractivity contribution in [3.05, 3.63) is 23.8 Å². The van der Waals surface area contributed by atoms with Crippen LogP contribution in [-0.2, 0) is 0 Å². The zero-order valence-corrected chi connectivity index (χ0v) is 10.4. The van der Waals surface area contributed by atoms with Gasteiger partial charge in [0.2, 0.25) is 0 Å². The Morgan fingerprint density at radius 1 is 1.35 bits per heavy atom. The molecule has 0 bridgehead atoms. The van der Waals surface area contributed by atoms with Gasteiger partial charge >= 0.3 is 0 Å². The second kappa shape index (κ2) is 6.44. The van der Waals surface area contributed by atoms with Crippen LogP contribution in [0.1, 0.15) is 11.6 Å². The van der Waals surface area contributed by atoms with Gasteiger partial charge in [-0.25, -0.2) is 0 Å². The normalized spacial score (nSPS) is 14.2. The lowest BCUT2D eigenvalue weighted by Gasteiger charge is -2.24. The first-order chi connectivity index (χ1) is 8.17. The van der Waals surface area contributed by atoms with E-state index in [-0.39, 0.29) is 12.6 Å². The lowest BCUT2D eigenvalue weighted by Crippen LogP contribution is -2.39. The van der Waals surface area contributed by atoms with Crippen LogP contribution in [0.4, 0.5) is 0 Å². The van der Waals surface area contributed by atoms with Gasteiger partial charge in [-0.05, 0) is 25.2 Å². The number of benzene rings is 1. The van der Waals surface area contributed by atoms with Crippen molar-refractivity contribution in [3.8, 4) is 11.5 Å². The molecule has 96 valence electrons. The Kier molecular flexibility index (Phi) is 5.21. The highest BCUT2D eigenvalue weighted by molar-refractivity contribution is 5.42. The van der Waals surface area contributed by atoms with Gasteiger partial charge in [0.15, 0.2) is 0 Å². The van der Waals surface area contributed by atoms with Crippen LogP contribution in [0.5, 0.6) is 11.5 Å². The summed E-state index contributed by atoms with van der Waals surface area (Å²) in [5.41, 5.74) is 6.74. The Labute approximate surface area is 102 Å². The number of aliphatic hydroxyl groups is 1. The molecule has 1 rings (SSSR count). The zero-order valence-electron chi connectivity index (χ0n) is 10.4. The third-order valence-corrected chi connectivity index (χ3v) is 2.72. The van der Waals surface area contributed by atoms with E-state index in [0.29, 0.717) is 5.75 Å². The average Bonchev–Trinajstić information content (AvgIpc) is 2.39. The van der Waals surface area contributed by atoms with E-state index in [1.807, 2.05) is 18.2 Å². The van der Waals surface area contributed by atoms with Crippen LogP contribution in [0.3, 0.4) is 0 Å². The number of methoxy groups -OCH3 is 2. The maximum atomic E-state index is 9.15. The van der Waals surface area contributed by atoms with Crippen molar-refractivity contribution >= 4 is 0 Å². The van der Waals surface area contributed by atoms with Crippen molar-refractivity contribution in [2.24, 2.45) is 5.73 Å². The van der Waals surface area contributed by atoms with E-state index < -0.39 is 6.04 Å². The molecule has 0 aliphatic heterocycles. The van der Waals surface area contributed by atoms with Gasteiger partial charge in [-0.3, -0.25) is 0 Å². The van der Waals surface area contributed by atoms with Gasteiger partial charge in [-0.1, -0.05) is 0 Å². The summed E-state index contributed by atoms with van der Waals surface area (Å²) in [5, 5.41) is 12.2. The molecular formula is C12H20N2O3. The first-order valence-electron chi connectivity index (χ1n) is 5.43. The summed E-state index contributed by atoms with van der Waals surface area (Å²) in [6.45, 7) is -0.105. The number of nitrogens with two attached hydrogens (primary N) is 1. The molecule has 0 aromatic heterocycles. The zero-order chi connectivity index (χ0) is 12.8. The molecule has 0 fully saturated rings. The minimum absolute atomic E-state index is 0.105. The van der Waals surface area contributed by atoms with E-state index in [9.17, 15) is 0 Å². The molecule has 0 saturated heterocycles. The lowest BCUT2D eigenvalue weighted by atomic mass is 9.99. The number of aliphatic hydroxyl groups excluding tert-OH is 1. The molecule has 0 spiro atoms. The number of hydrogen-bond acceptors (Lipinski definition) is 5. The fourth-order valence-corrected chi connectivity index (χ4v) is 1.79. The number of likely N-dealkylation sites (N-methyl/N-ethyl adjacent to an activating group) is 1. The highest BCUT2D eigenvalue weighted by atomic mass is 16.5. The fourth-order valence-electron chi connectivity index (χ4n) is 1.79. The second-order valence-corrected chi connectivity index (χ2v) is 3.72. The monoisotopic (exact) mass is 240 g/mol. The third-order valence-electron chi connectivity index (χ3n) is 2.72. The molecule has 0 aliphatic rings. The van der Waals surface area contributed by atoms with Crippen molar-refractivity contribution in [1.82, 2.24) is 5.32 Å². The molecule has 0 radical (unpaired) electrons. The van der Waals surface area contributed by atoms with Crippen molar-refractivity contribution in [1.29, 1.82) is 0 Å². The van der Waals surface area contributed by atoms with Crippen molar-refractivity contribution in [2.75, 3.05) is 27.9 Å². The summed E-state index contributed by atoms with van der Waals surface area (Å²) in [6, 6.07) is 4.91. The molecule has 0 heterocycles. The molecule has 0 saturated carbocycles. The first kappa shape index (κ1) is 13.8. The van der Waals surface area contributed by atoms with E-state index >= 15 is 0 Å². The Balaban J connectivity index is 3.14. The molecule has 4 N–H and O–H groups in total. The first-order valence-corrected chi connectivity index (χ1v) is 5.43. The molecule has 5 heteroatoms. The minimum atomic E-state index is -0.402. The van der Waals surface area contributed by atoms with E-state index in [0.717, 1.165) is 11.3 Å². The quantitative estimate of drug-likeness (QED) is 0.666. The summed E-state index contributed by atoms with van der Waals surface area (Å²) in [6.07, 6.45) is 0. The molecule has 17 heavy (non-hydrogen) atoms. The molecule has 0 aliphatic carbocycles.